The summed E-state index contributed by atoms with van der Waals surface area (Å²) >= 11 is 18.6. The van der Waals surface area contributed by atoms with Crippen molar-refractivity contribution in [3.8, 4) is 11.3 Å². The lowest BCUT2D eigenvalue weighted by Crippen LogP contribution is -2.28. The molecule has 1 unspecified atom stereocenters. The van der Waals surface area contributed by atoms with Gasteiger partial charge in [0.2, 0.25) is 0 Å². The number of aromatic nitrogens is 1. The number of hydrogen-bond donors (Lipinski definition) is 1. The second-order valence-corrected chi connectivity index (χ2v) is 7.67. The van der Waals surface area contributed by atoms with Crippen LogP contribution < -0.4 is 0 Å². The van der Waals surface area contributed by atoms with Crippen molar-refractivity contribution in [1.29, 1.82) is 0 Å². The highest BCUT2D eigenvalue weighted by molar-refractivity contribution is 6.38. The third-order valence-electron chi connectivity index (χ3n) is 4.69. The smallest absolute Gasteiger partial charge is 0.0924 e. The van der Waals surface area contributed by atoms with Gasteiger partial charge >= 0.3 is 0 Å². The summed E-state index contributed by atoms with van der Waals surface area (Å²) in [6.07, 6.45) is -0.684. The fourth-order valence-corrected chi connectivity index (χ4v) is 3.81. The van der Waals surface area contributed by atoms with E-state index in [2.05, 4.69) is 18.7 Å². The molecule has 1 atom stereocenters. The highest BCUT2D eigenvalue weighted by Gasteiger charge is 2.19. The van der Waals surface area contributed by atoms with Crippen molar-refractivity contribution >= 4 is 45.7 Å². The Morgan fingerprint density at radius 3 is 2.26 bits per heavy atom. The van der Waals surface area contributed by atoms with Gasteiger partial charge < -0.3 is 10.0 Å². The first kappa shape index (κ1) is 20.4. The molecular formula is C21H21Cl3N2O. The molecule has 0 aliphatic carbocycles. The van der Waals surface area contributed by atoms with E-state index < -0.39 is 6.10 Å². The molecule has 0 radical (unpaired) electrons. The third-order valence-corrected chi connectivity index (χ3v) is 5.45. The zero-order chi connectivity index (χ0) is 19.6. The second-order valence-electron chi connectivity index (χ2n) is 6.39. The van der Waals surface area contributed by atoms with E-state index in [1.165, 1.54) is 0 Å². The second kappa shape index (κ2) is 8.76. The zero-order valence-corrected chi connectivity index (χ0v) is 17.5. The Kier molecular flexibility index (Phi) is 6.61. The van der Waals surface area contributed by atoms with E-state index in [4.69, 9.17) is 39.8 Å². The van der Waals surface area contributed by atoms with Crippen LogP contribution in [0.1, 0.15) is 25.5 Å². The molecule has 0 bridgehead atoms. The van der Waals surface area contributed by atoms with Crippen molar-refractivity contribution in [2.75, 3.05) is 19.6 Å². The predicted molar refractivity (Wildman–Crippen MR) is 115 cm³/mol. The molecule has 6 heteroatoms. The van der Waals surface area contributed by atoms with Gasteiger partial charge in [-0.15, -0.1) is 0 Å². The minimum Gasteiger partial charge on any atom is -0.387 e. The number of rotatable bonds is 6. The number of benzene rings is 2. The van der Waals surface area contributed by atoms with Crippen LogP contribution in [0.3, 0.4) is 0 Å². The molecular weight excluding hydrogens is 403 g/mol. The van der Waals surface area contributed by atoms with E-state index in [0.29, 0.717) is 27.1 Å². The predicted octanol–water partition coefficient (Wildman–Crippen LogP) is 6.24. The zero-order valence-electron chi connectivity index (χ0n) is 15.2. The van der Waals surface area contributed by atoms with Crippen LogP contribution in [0.2, 0.25) is 15.1 Å². The van der Waals surface area contributed by atoms with E-state index in [0.717, 1.165) is 35.3 Å². The monoisotopic (exact) mass is 422 g/mol. The Hall–Kier alpha value is -1.36. The van der Waals surface area contributed by atoms with Crippen LogP contribution in [0.15, 0.2) is 42.5 Å². The maximum absolute atomic E-state index is 11.0. The largest absolute Gasteiger partial charge is 0.387 e. The fraction of sp³-hybridized carbons (Fsp3) is 0.286. The summed E-state index contributed by atoms with van der Waals surface area (Å²) in [5, 5.41) is 13.4. The summed E-state index contributed by atoms with van der Waals surface area (Å²) in [6.45, 7) is 6.40. The normalized spacial score (nSPS) is 12.7. The number of halogens is 3. The van der Waals surface area contributed by atoms with E-state index in [1.54, 1.807) is 6.07 Å². The standard InChI is InChI=1S/C21H21Cl3N2O/c1-3-26(4-2)12-20(27)16-11-19(13-5-7-14(22)8-6-13)25-21-17(16)9-15(23)10-18(21)24/h5-11,20,27H,3-4,12H2,1-2H3. The topological polar surface area (TPSA) is 36.4 Å². The SMILES string of the molecule is CCN(CC)CC(O)c1cc(-c2ccc(Cl)cc2)nc2c(Cl)cc(Cl)cc12. The molecule has 0 aliphatic rings. The van der Waals surface area contributed by atoms with Gasteiger partial charge in [-0.05, 0) is 49.0 Å². The van der Waals surface area contributed by atoms with E-state index in [1.807, 2.05) is 36.4 Å². The van der Waals surface area contributed by atoms with Crippen molar-refractivity contribution in [2.45, 2.75) is 20.0 Å². The summed E-state index contributed by atoms with van der Waals surface area (Å²) in [4.78, 5) is 6.89. The minimum absolute atomic E-state index is 0.463. The van der Waals surface area contributed by atoms with Gasteiger partial charge in [0.25, 0.3) is 0 Å². The first-order valence-corrected chi connectivity index (χ1v) is 10.0. The van der Waals surface area contributed by atoms with Gasteiger partial charge in [0.1, 0.15) is 0 Å². The van der Waals surface area contributed by atoms with Gasteiger partial charge in [-0.1, -0.05) is 60.8 Å². The van der Waals surface area contributed by atoms with E-state index >= 15 is 0 Å². The summed E-state index contributed by atoms with van der Waals surface area (Å²) in [5.41, 5.74) is 3.03. The molecule has 0 amide bonds. The molecule has 1 N–H and O–H groups in total. The Morgan fingerprint density at radius 1 is 0.963 bits per heavy atom. The molecule has 3 nitrogen and oxygen atoms in total. The van der Waals surface area contributed by atoms with Gasteiger partial charge in [-0.25, -0.2) is 4.98 Å². The van der Waals surface area contributed by atoms with Gasteiger partial charge in [0.05, 0.1) is 22.3 Å². The Bertz CT molecular complexity index is 940. The first-order valence-electron chi connectivity index (χ1n) is 8.89. The Morgan fingerprint density at radius 2 is 1.63 bits per heavy atom. The maximum Gasteiger partial charge on any atom is 0.0924 e. The number of aliphatic hydroxyl groups is 1. The van der Waals surface area contributed by atoms with Gasteiger partial charge in [0, 0.05) is 27.5 Å². The number of pyridine rings is 1. The van der Waals surface area contributed by atoms with E-state index in [9.17, 15) is 5.11 Å². The molecule has 0 aliphatic heterocycles. The Balaban J connectivity index is 2.18. The molecule has 0 fully saturated rings. The van der Waals surface area contributed by atoms with Gasteiger partial charge in [-0.3, -0.25) is 0 Å². The summed E-state index contributed by atoms with van der Waals surface area (Å²) < 4.78 is 0. The number of fused-ring (bicyclic) bond motifs is 1. The molecule has 142 valence electrons. The molecule has 3 aromatic rings. The highest BCUT2D eigenvalue weighted by Crippen LogP contribution is 2.35. The molecule has 2 aromatic carbocycles. The lowest BCUT2D eigenvalue weighted by Gasteiger charge is -2.23. The van der Waals surface area contributed by atoms with Gasteiger partial charge in [0.15, 0.2) is 0 Å². The quantitative estimate of drug-likeness (QED) is 0.510. The van der Waals surface area contributed by atoms with Crippen LogP contribution in [-0.4, -0.2) is 34.6 Å². The molecule has 1 aromatic heterocycles. The fourth-order valence-electron chi connectivity index (χ4n) is 3.15. The van der Waals surface area contributed by atoms with Gasteiger partial charge in [-0.2, -0.15) is 0 Å². The lowest BCUT2D eigenvalue weighted by atomic mass is 9.99. The number of aliphatic hydroxyl groups excluding tert-OH is 1. The molecule has 3 rings (SSSR count). The minimum atomic E-state index is -0.684. The summed E-state index contributed by atoms with van der Waals surface area (Å²) in [7, 11) is 0. The Labute approximate surface area is 174 Å². The van der Waals surface area contributed by atoms with Crippen LogP contribution >= 0.6 is 34.8 Å². The lowest BCUT2D eigenvalue weighted by molar-refractivity contribution is 0.120. The van der Waals surface area contributed by atoms with Crippen LogP contribution in [0.4, 0.5) is 0 Å². The summed E-state index contributed by atoms with van der Waals surface area (Å²) in [6, 6.07) is 12.8. The molecule has 27 heavy (non-hydrogen) atoms. The molecule has 0 saturated heterocycles. The van der Waals surface area contributed by atoms with Crippen molar-refractivity contribution in [3.63, 3.8) is 0 Å². The molecule has 1 heterocycles. The average molecular weight is 424 g/mol. The van der Waals surface area contributed by atoms with Crippen LogP contribution in [-0.2, 0) is 0 Å². The third kappa shape index (κ3) is 4.56. The van der Waals surface area contributed by atoms with Crippen LogP contribution in [0, 0.1) is 0 Å². The van der Waals surface area contributed by atoms with E-state index in [-0.39, 0.29) is 0 Å². The van der Waals surface area contributed by atoms with Crippen LogP contribution in [0.25, 0.3) is 22.2 Å². The highest BCUT2D eigenvalue weighted by atomic mass is 35.5. The molecule has 0 saturated carbocycles. The number of hydrogen-bond acceptors (Lipinski definition) is 3. The summed E-state index contributed by atoms with van der Waals surface area (Å²) in [5.74, 6) is 0. The van der Waals surface area contributed by atoms with Crippen molar-refractivity contribution in [2.24, 2.45) is 0 Å². The molecule has 0 spiro atoms. The van der Waals surface area contributed by atoms with Crippen molar-refractivity contribution in [3.05, 3.63) is 63.1 Å². The van der Waals surface area contributed by atoms with Crippen molar-refractivity contribution < 1.29 is 5.11 Å². The van der Waals surface area contributed by atoms with Crippen molar-refractivity contribution in [1.82, 2.24) is 9.88 Å². The maximum atomic E-state index is 11.0. The number of nitrogens with zero attached hydrogens (tertiary/aromatic N) is 2. The number of likely N-dealkylation sites (N-methyl/N-ethyl adjacent to an activating group) is 1. The average Bonchev–Trinajstić information content (AvgIpc) is 2.65. The first-order chi connectivity index (χ1) is 12.9. The van der Waals surface area contributed by atoms with Crippen LogP contribution in [0.5, 0.6) is 0 Å².